The van der Waals surface area contributed by atoms with E-state index in [9.17, 15) is 9.59 Å². The lowest BCUT2D eigenvalue weighted by molar-refractivity contribution is -0.112. The molecule has 0 aliphatic heterocycles. The first kappa shape index (κ1) is 20.1. The van der Waals surface area contributed by atoms with Crippen molar-refractivity contribution < 1.29 is 4.79 Å². The first-order valence-electron chi connectivity index (χ1n) is 9.11. The van der Waals surface area contributed by atoms with E-state index in [4.69, 9.17) is 11.6 Å². The number of hydrogen-bond acceptors (Lipinski definition) is 5. The number of carbonyl (C=O) groups excluding carboxylic acids is 1. The van der Waals surface area contributed by atoms with Gasteiger partial charge in [0.1, 0.15) is 16.3 Å². The van der Waals surface area contributed by atoms with Crippen LogP contribution in [0.25, 0.3) is 27.4 Å². The molecule has 152 valence electrons. The monoisotopic (exact) mass is 439 g/mol. The van der Waals surface area contributed by atoms with Crippen molar-refractivity contribution in [1.82, 2.24) is 19.4 Å². The molecule has 30 heavy (non-hydrogen) atoms. The second-order valence-corrected chi connectivity index (χ2v) is 8.28. The van der Waals surface area contributed by atoms with Crippen molar-refractivity contribution in [3.63, 3.8) is 0 Å². The molecule has 3 heterocycles. The number of rotatable bonds is 4. The number of carbonyl (C=O) groups is 1. The average molecular weight is 440 g/mol. The second kappa shape index (κ2) is 7.89. The molecule has 4 aromatic rings. The number of nitrogens with one attached hydrogen (secondary N) is 1. The minimum atomic E-state index is -0.481. The number of nitrogens with zero attached hydrogens (tertiary/aromatic N) is 4. The minimum absolute atomic E-state index is 0.333. The fraction of sp³-hybridized carbons (Fsp3) is 0.143. The zero-order chi connectivity index (χ0) is 21.4. The highest BCUT2D eigenvalue weighted by Crippen LogP contribution is 2.35. The van der Waals surface area contributed by atoms with Gasteiger partial charge in [0, 0.05) is 29.1 Å². The summed E-state index contributed by atoms with van der Waals surface area (Å²) in [7, 11) is 1.72. The van der Waals surface area contributed by atoms with Crippen molar-refractivity contribution in [3.05, 3.63) is 74.4 Å². The first-order valence-corrected chi connectivity index (χ1v) is 10.3. The standard InChI is InChI=1S/C21H18ClN5O2S/c1-12-15(19(22)26(3)24-12)9-10-16(28)25-27-11-23-20-18(21(27)29)17(13(2)30-20)14-7-5-4-6-8-14/h4-11H,1-3H3,(H,25,28)/b10-9+. The van der Waals surface area contributed by atoms with Gasteiger partial charge in [-0.05, 0) is 25.5 Å². The van der Waals surface area contributed by atoms with E-state index in [1.807, 2.05) is 37.3 Å². The molecular weight excluding hydrogens is 422 g/mol. The third-order valence-electron chi connectivity index (χ3n) is 4.68. The van der Waals surface area contributed by atoms with Crippen LogP contribution in [0.1, 0.15) is 16.1 Å². The topological polar surface area (TPSA) is 81.8 Å². The fourth-order valence-electron chi connectivity index (χ4n) is 3.29. The SMILES string of the molecule is Cc1nn(C)c(Cl)c1/C=C/C(=O)Nn1cnc2sc(C)c(-c3ccccc3)c2c1=O. The molecule has 0 aliphatic rings. The molecule has 1 aromatic carbocycles. The first-order chi connectivity index (χ1) is 14.4. The number of aromatic nitrogens is 4. The van der Waals surface area contributed by atoms with E-state index >= 15 is 0 Å². The lowest BCUT2D eigenvalue weighted by atomic mass is 10.0. The summed E-state index contributed by atoms with van der Waals surface area (Å²) < 4.78 is 2.63. The Morgan fingerprint density at radius 3 is 2.63 bits per heavy atom. The Morgan fingerprint density at radius 1 is 1.23 bits per heavy atom. The zero-order valence-electron chi connectivity index (χ0n) is 16.5. The summed E-state index contributed by atoms with van der Waals surface area (Å²) in [6, 6.07) is 9.67. The van der Waals surface area contributed by atoms with Crippen LogP contribution in [0, 0.1) is 13.8 Å². The van der Waals surface area contributed by atoms with Crippen molar-refractivity contribution in [3.8, 4) is 11.1 Å². The maximum absolute atomic E-state index is 13.1. The predicted molar refractivity (Wildman–Crippen MR) is 120 cm³/mol. The lowest BCUT2D eigenvalue weighted by Gasteiger charge is -2.06. The summed E-state index contributed by atoms with van der Waals surface area (Å²) >= 11 is 7.63. The Kier molecular flexibility index (Phi) is 5.27. The van der Waals surface area contributed by atoms with Crippen LogP contribution in [0.2, 0.25) is 5.15 Å². The van der Waals surface area contributed by atoms with Gasteiger partial charge in [0.2, 0.25) is 0 Å². The van der Waals surface area contributed by atoms with Crippen molar-refractivity contribution >= 4 is 45.1 Å². The minimum Gasteiger partial charge on any atom is -0.268 e. The normalized spacial score (nSPS) is 11.5. The Hall–Kier alpha value is -3.23. The van der Waals surface area contributed by atoms with Gasteiger partial charge >= 0.3 is 0 Å². The highest BCUT2D eigenvalue weighted by atomic mass is 35.5. The number of thiophene rings is 1. The Morgan fingerprint density at radius 2 is 1.97 bits per heavy atom. The molecule has 0 saturated heterocycles. The summed E-state index contributed by atoms with van der Waals surface area (Å²) in [5.41, 5.74) is 5.35. The highest BCUT2D eigenvalue weighted by molar-refractivity contribution is 7.19. The van der Waals surface area contributed by atoms with Crippen LogP contribution < -0.4 is 11.0 Å². The molecule has 1 N–H and O–H groups in total. The van der Waals surface area contributed by atoms with Crippen molar-refractivity contribution in [2.24, 2.45) is 7.05 Å². The number of benzene rings is 1. The summed E-state index contributed by atoms with van der Waals surface area (Å²) in [5.74, 6) is -0.481. The Balaban J connectivity index is 1.68. The number of aryl methyl sites for hydroxylation is 3. The zero-order valence-corrected chi connectivity index (χ0v) is 18.1. The number of fused-ring (bicyclic) bond motifs is 1. The number of halogens is 1. The van der Waals surface area contributed by atoms with Gasteiger partial charge in [0.05, 0.1) is 11.1 Å². The summed E-state index contributed by atoms with van der Waals surface area (Å²) in [5, 5.41) is 5.12. The van der Waals surface area contributed by atoms with Crippen LogP contribution in [0.15, 0.2) is 47.5 Å². The van der Waals surface area contributed by atoms with Gasteiger partial charge in [-0.25, -0.2) is 9.66 Å². The van der Waals surface area contributed by atoms with Crippen LogP contribution in [0.4, 0.5) is 0 Å². The maximum atomic E-state index is 13.1. The third-order valence-corrected chi connectivity index (χ3v) is 6.14. The smallest absolute Gasteiger partial charge is 0.268 e. The quantitative estimate of drug-likeness (QED) is 0.489. The van der Waals surface area contributed by atoms with Crippen LogP contribution in [-0.2, 0) is 11.8 Å². The van der Waals surface area contributed by atoms with Crippen LogP contribution in [0.5, 0.6) is 0 Å². The van der Waals surface area contributed by atoms with E-state index in [0.717, 1.165) is 20.7 Å². The van der Waals surface area contributed by atoms with E-state index in [1.165, 1.54) is 28.4 Å². The average Bonchev–Trinajstić information content (AvgIpc) is 3.19. The van der Waals surface area contributed by atoms with Crippen LogP contribution in [0.3, 0.4) is 0 Å². The molecule has 0 radical (unpaired) electrons. The fourth-order valence-corrected chi connectivity index (χ4v) is 4.53. The van der Waals surface area contributed by atoms with Gasteiger partial charge in [-0.3, -0.25) is 19.7 Å². The van der Waals surface area contributed by atoms with Crippen LogP contribution >= 0.6 is 22.9 Å². The number of amides is 1. The molecule has 9 heteroatoms. The molecule has 3 aromatic heterocycles. The van der Waals surface area contributed by atoms with Gasteiger partial charge in [-0.2, -0.15) is 5.10 Å². The van der Waals surface area contributed by atoms with Gasteiger partial charge in [-0.15, -0.1) is 11.3 Å². The molecule has 4 rings (SSSR count). The molecule has 1 amide bonds. The van der Waals surface area contributed by atoms with E-state index in [0.29, 0.717) is 26.6 Å². The van der Waals surface area contributed by atoms with Gasteiger partial charge in [-0.1, -0.05) is 41.9 Å². The van der Waals surface area contributed by atoms with E-state index in [-0.39, 0.29) is 5.56 Å². The molecule has 0 fully saturated rings. The van der Waals surface area contributed by atoms with Gasteiger partial charge in [0.15, 0.2) is 0 Å². The molecule has 0 unspecified atom stereocenters. The highest BCUT2D eigenvalue weighted by Gasteiger charge is 2.17. The Bertz CT molecular complexity index is 1350. The van der Waals surface area contributed by atoms with Crippen molar-refractivity contribution in [1.29, 1.82) is 0 Å². The Labute approximate surface area is 181 Å². The predicted octanol–water partition coefficient (Wildman–Crippen LogP) is 3.91. The van der Waals surface area contributed by atoms with E-state index < -0.39 is 5.91 Å². The molecule has 0 saturated carbocycles. The van der Waals surface area contributed by atoms with Gasteiger partial charge < -0.3 is 0 Å². The number of hydrogen-bond donors (Lipinski definition) is 1. The molecule has 7 nitrogen and oxygen atoms in total. The molecular formula is C21H18ClN5O2S. The van der Waals surface area contributed by atoms with E-state index in [2.05, 4.69) is 15.5 Å². The third kappa shape index (κ3) is 3.55. The van der Waals surface area contributed by atoms with E-state index in [1.54, 1.807) is 20.0 Å². The summed E-state index contributed by atoms with van der Waals surface area (Å²) in [6.45, 7) is 3.76. The summed E-state index contributed by atoms with van der Waals surface area (Å²) in [6.07, 6.45) is 4.20. The molecule has 0 spiro atoms. The van der Waals surface area contributed by atoms with Gasteiger partial charge in [0.25, 0.3) is 11.5 Å². The largest absolute Gasteiger partial charge is 0.281 e. The van der Waals surface area contributed by atoms with Crippen molar-refractivity contribution in [2.75, 3.05) is 5.43 Å². The second-order valence-electron chi connectivity index (χ2n) is 6.72. The van der Waals surface area contributed by atoms with Crippen molar-refractivity contribution in [2.45, 2.75) is 13.8 Å². The van der Waals surface area contributed by atoms with Crippen LogP contribution in [-0.4, -0.2) is 25.3 Å². The molecule has 0 aliphatic carbocycles. The molecule has 0 bridgehead atoms. The lowest BCUT2D eigenvalue weighted by Crippen LogP contribution is -2.32. The maximum Gasteiger partial charge on any atom is 0.281 e. The summed E-state index contributed by atoms with van der Waals surface area (Å²) in [4.78, 5) is 31.5. The molecule has 0 atom stereocenters.